The highest BCUT2D eigenvalue weighted by Gasteiger charge is 2.45. The SMILES string of the molecule is O=C1CCC2(CSC(CO)=N2)C(=O)N1. The Hall–Kier alpha value is -0.880. The van der Waals surface area contributed by atoms with E-state index in [4.69, 9.17) is 5.11 Å². The van der Waals surface area contributed by atoms with Crippen LogP contribution in [0.15, 0.2) is 4.99 Å². The quantitative estimate of drug-likeness (QED) is 0.566. The Kier molecular flexibility index (Phi) is 2.32. The van der Waals surface area contributed by atoms with E-state index in [-0.39, 0.29) is 18.4 Å². The summed E-state index contributed by atoms with van der Waals surface area (Å²) in [5.41, 5.74) is -0.795. The molecule has 2 N–H and O–H groups in total. The van der Waals surface area contributed by atoms with Gasteiger partial charge in [-0.15, -0.1) is 11.8 Å². The van der Waals surface area contributed by atoms with Crippen molar-refractivity contribution in [3.05, 3.63) is 0 Å². The average molecular weight is 214 g/mol. The van der Waals surface area contributed by atoms with Gasteiger partial charge in [0.1, 0.15) is 0 Å². The average Bonchev–Trinajstić information content (AvgIpc) is 2.58. The predicted octanol–water partition coefficient (Wildman–Crippen LogP) is -0.701. The van der Waals surface area contributed by atoms with Gasteiger partial charge in [-0.05, 0) is 6.42 Å². The summed E-state index contributed by atoms with van der Waals surface area (Å²) in [5, 5.41) is 11.7. The lowest BCUT2D eigenvalue weighted by atomic mass is 9.92. The molecule has 0 aromatic heterocycles. The van der Waals surface area contributed by atoms with Crippen LogP contribution in [0.2, 0.25) is 0 Å². The highest BCUT2D eigenvalue weighted by atomic mass is 32.2. The summed E-state index contributed by atoms with van der Waals surface area (Å²) in [5.74, 6) is -0.0369. The Morgan fingerprint density at radius 3 is 2.93 bits per heavy atom. The van der Waals surface area contributed by atoms with E-state index in [1.807, 2.05) is 0 Å². The first-order valence-corrected chi connectivity index (χ1v) is 5.31. The van der Waals surface area contributed by atoms with Gasteiger partial charge in [0.05, 0.1) is 11.7 Å². The maximum absolute atomic E-state index is 11.6. The number of imide groups is 1. The van der Waals surface area contributed by atoms with Crippen molar-refractivity contribution in [2.24, 2.45) is 4.99 Å². The number of thioether (sulfide) groups is 1. The Bertz CT molecular complexity index is 329. The van der Waals surface area contributed by atoms with Crippen LogP contribution in [0.5, 0.6) is 0 Å². The summed E-state index contributed by atoms with van der Waals surface area (Å²) >= 11 is 1.38. The summed E-state index contributed by atoms with van der Waals surface area (Å²) in [6, 6.07) is 0. The van der Waals surface area contributed by atoms with Gasteiger partial charge in [0.15, 0.2) is 5.54 Å². The topological polar surface area (TPSA) is 78.8 Å². The lowest BCUT2D eigenvalue weighted by molar-refractivity contribution is -0.136. The number of carbonyl (C=O) groups is 2. The first-order chi connectivity index (χ1) is 6.66. The van der Waals surface area contributed by atoms with Crippen molar-refractivity contribution in [2.45, 2.75) is 18.4 Å². The molecule has 2 heterocycles. The molecule has 2 amide bonds. The Balaban J connectivity index is 2.21. The molecule has 2 aliphatic rings. The molecule has 2 aliphatic heterocycles. The van der Waals surface area contributed by atoms with E-state index in [1.54, 1.807) is 0 Å². The minimum absolute atomic E-state index is 0.131. The van der Waals surface area contributed by atoms with Gasteiger partial charge in [-0.2, -0.15) is 0 Å². The highest BCUT2D eigenvalue weighted by Crippen LogP contribution is 2.33. The molecule has 0 aliphatic carbocycles. The molecule has 0 radical (unpaired) electrons. The van der Waals surface area contributed by atoms with Crippen molar-refractivity contribution in [3.63, 3.8) is 0 Å². The molecular formula is C8H10N2O3S. The fourth-order valence-electron chi connectivity index (χ4n) is 1.57. The maximum Gasteiger partial charge on any atom is 0.255 e. The summed E-state index contributed by atoms with van der Waals surface area (Å²) < 4.78 is 0. The number of amides is 2. The molecule has 0 aromatic rings. The molecule has 0 saturated carbocycles. The highest BCUT2D eigenvalue weighted by molar-refractivity contribution is 8.14. The second-order valence-corrected chi connectivity index (χ2v) is 4.41. The molecule has 1 atom stereocenters. The number of nitrogens with zero attached hydrogens (tertiary/aromatic N) is 1. The van der Waals surface area contributed by atoms with Crippen molar-refractivity contribution >= 4 is 28.6 Å². The predicted molar refractivity (Wildman–Crippen MR) is 52.1 cm³/mol. The minimum Gasteiger partial charge on any atom is -0.390 e. The van der Waals surface area contributed by atoms with Crippen LogP contribution in [-0.2, 0) is 9.59 Å². The van der Waals surface area contributed by atoms with Gasteiger partial charge in [-0.25, -0.2) is 0 Å². The van der Waals surface area contributed by atoms with Crippen LogP contribution in [0.25, 0.3) is 0 Å². The summed E-state index contributed by atoms with van der Waals surface area (Å²) in [4.78, 5) is 26.7. The van der Waals surface area contributed by atoms with E-state index in [2.05, 4.69) is 10.3 Å². The molecule has 14 heavy (non-hydrogen) atoms. The van der Waals surface area contributed by atoms with E-state index in [1.165, 1.54) is 11.8 Å². The maximum atomic E-state index is 11.6. The van der Waals surface area contributed by atoms with E-state index in [0.29, 0.717) is 23.6 Å². The molecule has 6 heteroatoms. The third-order valence-electron chi connectivity index (χ3n) is 2.39. The molecule has 5 nitrogen and oxygen atoms in total. The number of carbonyl (C=O) groups excluding carboxylic acids is 2. The second kappa shape index (κ2) is 3.36. The van der Waals surface area contributed by atoms with Crippen LogP contribution in [0.4, 0.5) is 0 Å². The van der Waals surface area contributed by atoms with Gasteiger partial charge in [-0.1, -0.05) is 0 Å². The summed E-state index contributed by atoms with van der Waals surface area (Å²) in [6.07, 6.45) is 0.780. The fourth-order valence-corrected chi connectivity index (χ4v) is 2.65. The zero-order valence-electron chi connectivity index (χ0n) is 7.45. The van der Waals surface area contributed by atoms with E-state index >= 15 is 0 Å². The Morgan fingerprint density at radius 1 is 1.57 bits per heavy atom. The third-order valence-corrected chi connectivity index (χ3v) is 3.57. The molecule has 2 rings (SSSR count). The first kappa shape index (κ1) is 9.67. The molecular weight excluding hydrogens is 204 g/mol. The van der Waals surface area contributed by atoms with Gasteiger partial charge >= 0.3 is 0 Å². The second-order valence-electron chi connectivity index (χ2n) is 3.36. The fraction of sp³-hybridized carbons (Fsp3) is 0.625. The lowest BCUT2D eigenvalue weighted by Crippen LogP contribution is -2.52. The van der Waals surface area contributed by atoms with Crippen LogP contribution in [0, 0.1) is 0 Å². The Labute approximate surface area is 85.0 Å². The van der Waals surface area contributed by atoms with E-state index in [9.17, 15) is 9.59 Å². The number of rotatable bonds is 1. The number of aliphatic hydroxyl groups excluding tert-OH is 1. The number of nitrogens with one attached hydrogen (secondary N) is 1. The van der Waals surface area contributed by atoms with Gasteiger partial charge in [-0.3, -0.25) is 19.9 Å². The van der Waals surface area contributed by atoms with Gasteiger partial charge in [0, 0.05) is 12.2 Å². The largest absolute Gasteiger partial charge is 0.390 e. The molecule has 1 unspecified atom stereocenters. The van der Waals surface area contributed by atoms with Gasteiger partial charge in [0.25, 0.3) is 5.91 Å². The molecule has 0 aromatic carbocycles. The van der Waals surface area contributed by atoms with Crippen LogP contribution in [0.3, 0.4) is 0 Å². The first-order valence-electron chi connectivity index (χ1n) is 4.33. The number of aliphatic hydroxyl groups is 1. The van der Waals surface area contributed by atoms with Crippen LogP contribution < -0.4 is 5.32 Å². The van der Waals surface area contributed by atoms with Crippen molar-refractivity contribution in [1.29, 1.82) is 0 Å². The minimum atomic E-state index is -0.795. The lowest BCUT2D eigenvalue weighted by Gasteiger charge is -2.27. The number of hydrogen-bond donors (Lipinski definition) is 2. The Morgan fingerprint density at radius 2 is 2.36 bits per heavy atom. The molecule has 0 bridgehead atoms. The van der Waals surface area contributed by atoms with Gasteiger partial charge < -0.3 is 5.11 Å². The van der Waals surface area contributed by atoms with Crippen molar-refractivity contribution < 1.29 is 14.7 Å². The number of hydrogen-bond acceptors (Lipinski definition) is 5. The van der Waals surface area contributed by atoms with E-state index < -0.39 is 5.54 Å². The normalized spacial score (nSPS) is 31.9. The molecule has 76 valence electrons. The zero-order chi connectivity index (χ0) is 10.2. The van der Waals surface area contributed by atoms with Crippen molar-refractivity contribution in [1.82, 2.24) is 5.32 Å². The summed E-state index contributed by atoms with van der Waals surface area (Å²) in [7, 11) is 0. The van der Waals surface area contributed by atoms with Crippen molar-refractivity contribution in [3.8, 4) is 0 Å². The number of aliphatic imine (C=N–C) groups is 1. The standard InChI is InChI=1S/C8H10N2O3S/c11-3-6-10-8(4-14-6)2-1-5(12)9-7(8)13/h11H,1-4H2,(H,9,12,13). The van der Waals surface area contributed by atoms with E-state index in [0.717, 1.165) is 0 Å². The molecule has 1 fully saturated rings. The van der Waals surface area contributed by atoms with Crippen LogP contribution >= 0.6 is 11.8 Å². The van der Waals surface area contributed by atoms with Crippen molar-refractivity contribution in [2.75, 3.05) is 12.4 Å². The van der Waals surface area contributed by atoms with Gasteiger partial charge in [0.2, 0.25) is 5.91 Å². The number of piperidine rings is 1. The molecule has 1 saturated heterocycles. The monoisotopic (exact) mass is 214 g/mol. The third kappa shape index (κ3) is 1.44. The smallest absolute Gasteiger partial charge is 0.255 e. The van der Waals surface area contributed by atoms with Crippen LogP contribution in [0.1, 0.15) is 12.8 Å². The van der Waals surface area contributed by atoms with Crippen LogP contribution in [-0.4, -0.2) is 39.9 Å². The zero-order valence-corrected chi connectivity index (χ0v) is 8.26. The summed E-state index contributed by atoms with van der Waals surface area (Å²) in [6.45, 7) is -0.131. The molecule has 1 spiro atoms.